The van der Waals surface area contributed by atoms with E-state index >= 15 is 0 Å². The zero-order chi connectivity index (χ0) is 0. The molecular formula is C2H9BCuN. The molecule has 0 aromatic carbocycles. The Morgan fingerprint density at radius 2 is 1.00 bits per heavy atom. The van der Waals surface area contributed by atoms with Gasteiger partial charge in [0.1, 0.15) is 0 Å². The van der Waals surface area contributed by atoms with Crippen molar-refractivity contribution in [2.24, 2.45) is 0 Å². The zero-order valence-electron chi connectivity index (χ0n) is 2.46. The molecule has 0 aromatic heterocycles. The largest absolute Gasteiger partial charge is 2.00 e. The molecule has 0 saturated heterocycles. The van der Waals surface area contributed by atoms with E-state index in [1.165, 1.54) is 0 Å². The van der Waals surface area contributed by atoms with E-state index < -0.39 is 0 Å². The van der Waals surface area contributed by atoms with E-state index in [4.69, 9.17) is 0 Å². The summed E-state index contributed by atoms with van der Waals surface area (Å²) in [6, 6.07) is 0. The fourth-order valence-corrected chi connectivity index (χ4v) is 0. The maximum atomic E-state index is 0. The summed E-state index contributed by atoms with van der Waals surface area (Å²) in [7, 11) is 0. The molecular weight excluding hydrogens is 112 g/mol. The van der Waals surface area contributed by atoms with Crippen molar-refractivity contribution in [3.8, 4) is 0 Å². The molecule has 0 fully saturated rings. The van der Waals surface area contributed by atoms with E-state index in [0.29, 0.717) is 0 Å². The molecule has 0 unspecified atom stereocenters. The molecule has 0 rings (SSSR count). The van der Waals surface area contributed by atoms with Gasteiger partial charge in [-0.25, -0.2) is 0 Å². The third-order valence-electron chi connectivity index (χ3n) is 0. The molecule has 36 valence electrons. The summed E-state index contributed by atoms with van der Waals surface area (Å²) < 4.78 is 0. The van der Waals surface area contributed by atoms with Gasteiger partial charge < -0.3 is 13.6 Å². The number of nitrogens with two attached hydrogens (primary N) is 1. The zero-order valence-corrected chi connectivity index (χ0v) is 3.40. The first-order valence-electron chi connectivity index (χ1n) is 0. The van der Waals surface area contributed by atoms with Crippen LogP contribution in [0.4, 0.5) is 0 Å². The summed E-state index contributed by atoms with van der Waals surface area (Å²) in [6.07, 6.45) is 0. The first-order chi connectivity index (χ1) is 0. The summed E-state index contributed by atoms with van der Waals surface area (Å²) in [5.74, 6) is 0. The van der Waals surface area contributed by atoms with Crippen LogP contribution in [0.5, 0.6) is 0 Å². The fraction of sp³-hybridized carbons (Fsp3) is 0.500. The van der Waals surface area contributed by atoms with Gasteiger partial charge in [0.05, 0.1) is 0 Å². The van der Waals surface area contributed by atoms with Crippen molar-refractivity contribution in [1.82, 2.24) is 0 Å². The summed E-state index contributed by atoms with van der Waals surface area (Å²) in [5, 5.41) is 0. The predicted octanol–water partition coefficient (Wildman–Crippen LogP) is 1.42. The molecule has 0 aliphatic carbocycles. The average molecular weight is 121 g/mol. The van der Waals surface area contributed by atoms with Gasteiger partial charge >= 0.3 is 17.1 Å². The minimum atomic E-state index is 0. The minimum absolute atomic E-state index is 0. The van der Waals surface area contributed by atoms with Crippen LogP contribution in [0.25, 0.3) is 6.15 Å². The van der Waals surface area contributed by atoms with Crippen LogP contribution >= 0.6 is 0 Å². The van der Waals surface area contributed by atoms with E-state index in [0.717, 1.165) is 0 Å². The Bertz CT molecular complexity index is 9.61. The van der Waals surface area contributed by atoms with Gasteiger partial charge in [-0.3, -0.25) is 0 Å². The Hall–Kier alpha value is 0.544. The van der Waals surface area contributed by atoms with Crippen molar-refractivity contribution in [2.45, 2.75) is 7.43 Å². The third-order valence-corrected chi connectivity index (χ3v) is 0. The van der Waals surface area contributed by atoms with E-state index in [1.807, 2.05) is 0 Å². The number of hydrogen-bond donors (Lipinski definition) is 0. The van der Waals surface area contributed by atoms with E-state index in [1.54, 1.807) is 0 Å². The monoisotopic (exact) mass is 121 g/mol. The second-order valence-electron chi connectivity index (χ2n) is 0. The topological polar surface area (TPSA) is 33.5 Å². The van der Waals surface area contributed by atoms with Gasteiger partial charge in [-0.1, -0.05) is 7.43 Å². The molecule has 0 aliphatic heterocycles. The predicted molar refractivity (Wildman–Crippen MR) is 24.2 cm³/mol. The molecule has 2 N–H and O–H groups in total. The minimum Gasteiger partial charge on any atom is -0.693 e. The van der Waals surface area contributed by atoms with Gasteiger partial charge in [0.15, 0.2) is 0 Å². The second-order valence-corrected chi connectivity index (χ2v) is 0. The van der Waals surface area contributed by atoms with Gasteiger partial charge in [-0.15, -0.1) is 0 Å². The molecule has 0 amide bonds. The molecule has 3 heteroatoms. The van der Waals surface area contributed by atoms with Crippen molar-refractivity contribution >= 4 is 8.41 Å². The first-order valence-corrected chi connectivity index (χ1v) is 0. The molecule has 0 saturated carbocycles. The summed E-state index contributed by atoms with van der Waals surface area (Å²) in [5.41, 5.74) is 0. The smallest absolute Gasteiger partial charge is 0.693 e. The molecule has 1 nitrogen and oxygen atoms in total. The Balaban J connectivity index is 0. The normalized spacial score (nSPS) is 0. The van der Waals surface area contributed by atoms with Crippen LogP contribution in [0.3, 0.4) is 0 Å². The summed E-state index contributed by atoms with van der Waals surface area (Å²) >= 11 is 0. The molecule has 0 spiro atoms. The summed E-state index contributed by atoms with van der Waals surface area (Å²) in [6.45, 7) is 0. The Labute approximate surface area is 47.2 Å². The van der Waals surface area contributed by atoms with Crippen molar-refractivity contribution in [2.75, 3.05) is 0 Å². The van der Waals surface area contributed by atoms with Crippen molar-refractivity contribution in [1.29, 1.82) is 0 Å². The van der Waals surface area contributed by atoms with Gasteiger partial charge in [0.2, 0.25) is 0 Å². The summed E-state index contributed by atoms with van der Waals surface area (Å²) in [4.78, 5) is 0. The van der Waals surface area contributed by atoms with Gasteiger partial charge in [0.25, 0.3) is 0 Å². The maximum absolute atomic E-state index is 0. The quantitative estimate of drug-likeness (QED) is 0.343. The van der Waals surface area contributed by atoms with Gasteiger partial charge in [-0.05, 0) is 0 Å². The molecule has 0 aliphatic rings. The second kappa shape index (κ2) is 193. The van der Waals surface area contributed by atoms with Crippen molar-refractivity contribution in [3.05, 3.63) is 13.6 Å². The Morgan fingerprint density at radius 1 is 1.00 bits per heavy atom. The molecule has 0 heterocycles. The van der Waals surface area contributed by atoms with E-state index in [2.05, 4.69) is 0 Å². The van der Waals surface area contributed by atoms with E-state index in [9.17, 15) is 0 Å². The van der Waals surface area contributed by atoms with E-state index in [-0.39, 0.29) is 46.5 Å². The number of hydrogen-bond acceptors (Lipinski definition) is 0. The number of rotatable bonds is 0. The molecule has 0 bridgehead atoms. The Morgan fingerprint density at radius 3 is 1.00 bits per heavy atom. The van der Waals surface area contributed by atoms with Gasteiger partial charge in [-0.2, -0.15) is 0 Å². The first kappa shape index (κ1) is 386. The van der Waals surface area contributed by atoms with Crippen LogP contribution in [-0.4, -0.2) is 8.41 Å². The molecule has 0 atom stereocenters. The third kappa shape index (κ3) is 99.3. The van der Waals surface area contributed by atoms with Gasteiger partial charge in [0, 0.05) is 8.41 Å². The molecule has 0 aromatic rings. The van der Waals surface area contributed by atoms with Crippen LogP contribution in [0.1, 0.15) is 7.43 Å². The van der Waals surface area contributed by atoms with Crippen LogP contribution < -0.4 is 0 Å². The standard InChI is InChI=1S/CH4.CH3.B.Cu.H2N/h1H4;1H3;;;1H2/q;-1;;+2;-1. The SMILES string of the molecule is C.[B].[CH3-].[Cu+2].[NH2-]. The van der Waals surface area contributed by atoms with Crippen molar-refractivity contribution in [3.63, 3.8) is 0 Å². The molecule has 4 radical (unpaired) electrons. The average Bonchev–Trinajstić information content (AvgIpc) is 0. The molecule has 5 heavy (non-hydrogen) atoms. The van der Waals surface area contributed by atoms with Crippen LogP contribution in [0.2, 0.25) is 0 Å². The maximum Gasteiger partial charge on any atom is 2.00 e. The van der Waals surface area contributed by atoms with Crippen LogP contribution in [0.15, 0.2) is 0 Å². The Kier molecular flexibility index (Phi) is 14900. The fourth-order valence-electron chi connectivity index (χ4n) is 0. The van der Waals surface area contributed by atoms with Crippen LogP contribution in [0, 0.1) is 7.43 Å². The van der Waals surface area contributed by atoms with Crippen molar-refractivity contribution < 1.29 is 17.1 Å². The van der Waals surface area contributed by atoms with Crippen LogP contribution in [-0.2, 0) is 17.1 Å².